The number of carbonyl (C=O) groups excluding carboxylic acids is 1. The van der Waals surface area contributed by atoms with Crippen LogP contribution < -0.4 is 5.32 Å². The van der Waals surface area contributed by atoms with E-state index in [2.05, 4.69) is 11.4 Å². The number of hydrogen-bond donors (Lipinski definition) is 1. The Bertz CT molecular complexity index is 407. The second-order valence-electron chi connectivity index (χ2n) is 3.70. The fraction of sp³-hybridized carbons (Fsp3) is 0.333. The molecule has 0 aliphatic heterocycles. The van der Waals surface area contributed by atoms with Crippen LogP contribution in [0.2, 0.25) is 0 Å². The number of amides is 1. The average molecular weight is 217 g/mol. The predicted octanol–water partition coefficient (Wildman–Crippen LogP) is 0.736. The summed E-state index contributed by atoms with van der Waals surface area (Å²) in [4.78, 5) is 12.8. The first-order chi connectivity index (χ1) is 7.63. The molecule has 0 bridgehead atoms. The summed E-state index contributed by atoms with van der Waals surface area (Å²) in [6.45, 7) is 0.902. The standard InChI is InChI=1S/C12H15N3O/c1-15(2)12(16)9-14-8-11-5-3-4-10(6-11)7-13/h3-6,14H,8-9H2,1-2H3. The van der Waals surface area contributed by atoms with Gasteiger partial charge in [0.25, 0.3) is 0 Å². The fourth-order valence-electron chi connectivity index (χ4n) is 1.22. The average Bonchev–Trinajstić information content (AvgIpc) is 2.29. The van der Waals surface area contributed by atoms with Crippen molar-refractivity contribution in [1.29, 1.82) is 5.26 Å². The number of nitrogens with one attached hydrogen (secondary N) is 1. The molecule has 0 fully saturated rings. The minimum Gasteiger partial charge on any atom is -0.348 e. The topological polar surface area (TPSA) is 56.1 Å². The first-order valence-corrected chi connectivity index (χ1v) is 5.03. The van der Waals surface area contributed by atoms with Crippen molar-refractivity contribution in [3.63, 3.8) is 0 Å². The normalized spacial score (nSPS) is 9.56. The van der Waals surface area contributed by atoms with Gasteiger partial charge in [-0.15, -0.1) is 0 Å². The van der Waals surface area contributed by atoms with Crippen molar-refractivity contribution in [2.75, 3.05) is 20.6 Å². The molecule has 84 valence electrons. The molecule has 0 aliphatic rings. The maximum absolute atomic E-state index is 11.3. The molecule has 0 saturated carbocycles. The van der Waals surface area contributed by atoms with Crippen molar-refractivity contribution in [1.82, 2.24) is 10.2 Å². The molecule has 0 saturated heterocycles. The summed E-state index contributed by atoms with van der Waals surface area (Å²) in [6, 6.07) is 9.41. The molecule has 0 radical (unpaired) electrons. The Kier molecular flexibility index (Phi) is 4.49. The van der Waals surface area contributed by atoms with Crippen LogP contribution in [0.5, 0.6) is 0 Å². The van der Waals surface area contributed by atoms with Crippen LogP contribution in [0.4, 0.5) is 0 Å². The zero-order valence-electron chi connectivity index (χ0n) is 9.53. The molecule has 0 spiro atoms. The number of benzene rings is 1. The van der Waals surface area contributed by atoms with Crippen molar-refractivity contribution in [3.8, 4) is 6.07 Å². The van der Waals surface area contributed by atoms with E-state index in [0.29, 0.717) is 18.7 Å². The van der Waals surface area contributed by atoms with Gasteiger partial charge in [0.15, 0.2) is 0 Å². The molecular formula is C12H15N3O. The van der Waals surface area contributed by atoms with Gasteiger partial charge in [0.1, 0.15) is 0 Å². The van der Waals surface area contributed by atoms with E-state index >= 15 is 0 Å². The van der Waals surface area contributed by atoms with Crippen LogP contribution in [0, 0.1) is 11.3 Å². The highest BCUT2D eigenvalue weighted by Crippen LogP contribution is 2.03. The van der Waals surface area contributed by atoms with E-state index in [1.54, 1.807) is 25.1 Å². The third kappa shape index (κ3) is 3.71. The number of nitriles is 1. The second-order valence-corrected chi connectivity index (χ2v) is 3.70. The van der Waals surface area contributed by atoms with Gasteiger partial charge in [0.05, 0.1) is 18.2 Å². The van der Waals surface area contributed by atoms with Crippen LogP contribution in [0.15, 0.2) is 24.3 Å². The smallest absolute Gasteiger partial charge is 0.236 e. The van der Waals surface area contributed by atoms with Crippen LogP contribution in [0.25, 0.3) is 0 Å². The van der Waals surface area contributed by atoms with Gasteiger partial charge < -0.3 is 10.2 Å². The van der Waals surface area contributed by atoms with E-state index < -0.39 is 0 Å². The third-order valence-electron chi connectivity index (χ3n) is 2.16. The summed E-state index contributed by atoms with van der Waals surface area (Å²) >= 11 is 0. The molecule has 1 aromatic carbocycles. The largest absolute Gasteiger partial charge is 0.348 e. The maximum Gasteiger partial charge on any atom is 0.236 e. The highest BCUT2D eigenvalue weighted by atomic mass is 16.2. The molecular weight excluding hydrogens is 202 g/mol. The quantitative estimate of drug-likeness (QED) is 0.809. The van der Waals surface area contributed by atoms with Crippen LogP contribution in [-0.2, 0) is 11.3 Å². The molecule has 1 amide bonds. The SMILES string of the molecule is CN(C)C(=O)CNCc1cccc(C#N)c1. The summed E-state index contributed by atoms with van der Waals surface area (Å²) in [7, 11) is 3.45. The number of rotatable bonds is 4. The zero-order valence-corrected chi connectivity index (χ0v) is 9.53. The number of hydrogen-bond acceptors (Lipinski definition) is 3. The fourth-order valence-corrected chi connectivity index (χ4v) is 1.22. The first-order valence-electron chi connectivity index (χ1n) is 5.03. The monoisotopic (exact) mass is 217 g/mol. The minimum absolute atomic E-state index is 0.0384. The van der Waals surface area contributed by atoms with Gasteiger partial charge in [-0.05, 0) is 17.7 Å². The first kappa shape index (κ1) is 12.2. The summed E-state index contributed by atoms with van der Waals surface area (Å²) in [5.74, 6) is 0.0384. The number of nitrogens with zero attached hydrogens (tertiary/aromatic N) is 2. The lowest BCUT2D eigenvalue weighted by molar-refractivity contribution is -0.127. The Morgan fingerprint density at radius 1 is 1.50 bits per heavy atom. The van der Waals surface area contributed by atoms with Gasteiger partial charge in [0, 0.05) is 20.6 Å². The molecule has 0 aromatic heterocycles. The van der Waals surface area contributed by atoms with Gasteiger partial charge in [0.2, 0.25) is 5.91 Å². The Balaban J connectivity index is 2.43. The highest BCUT2D eigenvalue weighted by Gasteiger charge is 2.02. The van der Waals surface area contributed by atoms with Gasteiger partial charge in [-0.1, -0.05) is 12.1 Å². The molecule has 1 rings (SSSR count). The predicted molar refractivity (Wildman–Crippen MR) is 61.6 cm³/mol. The van der Waals surface area contributed by atoms with Gasteiger partial charge in [-0.2, -0.15) is 5.26 Å². The van der Waals surface area contributed by atoms with Gasteiger partial charge in [-0.3, -0.25) is 4.79 Å². The molecule has 0 unspecified atom stereocenters. The molecule has 4 nitrogen and oxygen atoms in total. The lowest BCUT2D eigenvalue weighted by Crippen LogP contribution is -2.32. The van der Waals surface area contributed by atoms with Crippen LogP contribution in [0.1, 0.15) is 11.1 Å². The molecule has 0 aliphatic carbocycles. The van der Waals surface area contributed by atoms with Crippen molar-refractivity contribution in [2.45, 2.75) is 6.54 Å². The van der Waals surface area contributed by atoms with Crippen molar-refractivity contribution in [3.05, 3.63) is 35.4 Å². The van der Waals surface area contributed by atoms with E-state index in [1.807, 2.05) is 18.2 Å². The van der Waals surface area contributed by atoms with E-state index in [1.165, 1.54) is 0 Å². The highest BCUT2D eigenvalue weighted by molar-refractivity contribution is 5.77. The van der Waals surface area contributed by atoms with E-state index in [0.717, 1.165) is 5.56 Å². The number of likely N-dealkylation sites (N-methyl/N-ethyl adjacent to an activating group) is 1. The van der Waals surface area contributed by atoms with Gasteiger partial charge in [-0.25, -0.2) is 0 Å². The summed E-state index contributed by atoms with van der Waals surface area (Å²) in [5, 5.41) is 11.8. The minimum atomic E-state index is 0.0384. The molecule has 1 aromatic rings. The van der Waals surface area contributed by atoms with E-state index in [-0.39, 0.29) is 5.91 Å². The van der Waals surface area contributed by atoms with E-state index in [9.17, 15) is 4.79 Å². The third-order valence-corrected chi connectivity index (χ3v) is 2.16. The van der Waals surface area contributed by atoms with Crippen molar-refractivity contribution < 1.29 is 4.79 Å². The Labute approximate surface area is 95.5 Å². The summed E-state index contributed by atoms with van der Waals surface area (Å²) in [5.41, 5.74) is 1.64. The maximum atomic E-state index is 11.3. The second kappa shape index (κ2) is 5.89. The summed E-state index contributed by atoms with van der Waals surface area (Å²) < 4.78 is 0. The lowest BCUT2D eigenvalue weighted by Gasteiger charge is -2.10. The van der Waals surface area contributed by atoms with E-state index in [4.69, 9.17) is 5.26 Å². The zero-order chi connectivity index (χ0) is 12.0. The van der Waals surface area contributed by atoms with Gasteiger partial charge >= 0.3 is 0 Å². The lowest BCUT2D eigenvalue weighted by atomic mass is 10.1. The Morgan fingerprint density at radius 3 is 2.88 bits per heavy atom. The van der Waals surface area contributed by atoms with Crippen molar-refractivity contribution >= 4 is 5.91 Å². The number of carbonyl (C=O) groups is 1. The van der Waals surface area contributed by atoms with Crippen LogP contribution >= 0.6 is 0 Å². The molecule has 16 heavy (non-hydrogen) atoms. The molecule has 0 atom stereocenters. The Morgan fingerprint density at radius 2 is 2.25 bits per heavy atom. The molecule has 0 heterocycles. The van der Waals surface area contributed by atoms with Crippen LogP contribution in [0.3, 0.4) is 0 Å². The Hall–Kier alpha value is -1.86. The van der Waals surface area contributed by atoms with Crippen molar-refractivity contribution in [2.24, 2.45) is 0 Å². The molecule has 4 heteroatoms. The molecule has 1 N–H and O–H groups in total. The van der Waals surface area contributed by atoms with Crippen LogP contribution in [-0.4, -0.2) is 31.4 Å². The summed E-state index contributed by atoms with van der Waals surface area (Å²) in [6.07, 6.45) is 0.